The van der Waals surface area contributed by atoms with Crippen molar-refractivity contribution in [1.82, 2.24) is 15.3 Å². The van der Waals surface area contributed by atoms with Crippen LogP contribution in [0.4, 0.5) is 0 Å². The van der Waals surface area contributed by atoms with Gasteiger partial charge in [-0.15, -0.1) is 0 Å². The predicted molar refractivity (Wildman–Crippen MR) is 123 cm³/mol. The molecule has 0 bridgehead atoms. The van der Waals surface area contributed by atoms with Gasteiger partial charge in [0.1, 0.15) is 11.4 Å². The lowest BCUT2D eigenvalue weighted by Crippen LogP contribution is -2.49. The normalized spacial score (nSPS) is 19.8. The van der Waals surface area contributed by atoms with Crippen LogP contribution in [0.2, 0.25) is 0 Å². The van der Waals surface area contributed by atoms with Gasteiger partial charge in [0, 0.05) is 30.1 Å². The van der Waals surface area contributed by atoms with Crippen LogP contribution in [-0.2, 0) is 21.3 Å². The molecule has 0 aliphatic carbocycles. The van der Waals surface area contributed by atoms with Crippen molar-refractivity contribution in [2.75, 3.05) is 13.1 Å². The number of fused-ring (bicyclic) bond motifs is 1. The molecule has 5 rings (SSSR count). The van der Waals surface area contributed by atoms with E-state index in [-0.39, 0.29) is 23.0 Å². The van der Waals surface area contributed by atoms with Gasteiger partial charge in [0.2, 0.25) is 0 Å². The molecule has 1 atom stereocenters. The molecule has 0 radical (unpaired) electrons. The molecule has 0 amide bonds. The van der Waals surface area contributed by atoms with E-state index in [1.165, 1.54) is 12.4 Å². The third-order valence-corrected chi connectivity index (χ3v) is 7.99. The van der Waals surface area contributed by atoms with Gasteiger partial charge in [-0.1, -0.05) is 42.5 Å². The maximum atomic E-state index is 13.0. The fraction of sp³-hybridized carbons (Fsp3) is 0.360. The summed E-state index contributed by atoms with van der Waals surface area (Å²) >= 11 is 0. The average molecular weight is 450 g/mol. The molecule has 2 aliphatic rings. The minimum Gasteiger partial charge on any atom is -0.487 e. The Morgan fingerprint density at radius 3 is 2.50 bits per heavy atom. The minimum absolute atomic E-state index is 0.0200. The number of nitrogens with zero attached hydrogens (tertiary/aromatic N) is 2. The van der Waals surface area contributed by atoms with Gasteiger partial charge < -0.3 is 10.1 Å². The van der Waals surface area contributed by atoms with Crippen LogP contribution in [-0.4, -0.2) is 37.1 Å². The van der Waals surface area contributed by atoms with Crippen molar-refractivity contribution in [3.05, 3.63) is 89.5 Å². The van der Waals surface area contributed by atoms with E-state index >= 15 is 0 Å². The summed E-state index contributed by atoms with van der Waals surface area (Å²) in [6.07, 6.45) is 7.34. The molecular weight excluding hydrogens is 422 g/mol. The molecule has 32 heavy (non-hydrogen) atoms. The van der Waals surface area contributed by atoms with Crippen molar-refractivity contribution in [3.63, 3.8) is 0 Å². The third kappa shape index (κ3) is 4.40. The Morgan fingerprint density at radius 1 is 0.969 bits per heavy atom. The van der Waals surface area contributed by atoms with Crippen molar-refractivity contribution in [3.8, 4) is 5.75 Å². The lowest BCUT2D eigenvalue weighted by molar-refractivity contribution is 0.0113. The Labute approximate surface area is 189 Å². The maximum Gasteiger partial charge on any atom is 0.160 e. The quantitative estimate of drug-likeness (QED) is 0.641. The van der Waals surface area contributed by atoms with Crippen LogP contribution in [0, 0.1) is 0 Å². The van der Waals surface area contributed by atoms with E-state index in [4.69, 9.17) is 4.74 Å². The van der Waals surface area contributed by atoms with Gasteiger partial charge in [0.05, 0.1) is 17.2 Å². The first-order valence-electron chi connectivity index (χ1n) is 11.1. The van der Waals surface area contributed by atoms with E-state index < -0.39 is 9.84 Å². The highest BCUT2D eigenvalue weighted by Gasteiger charge is 2.42. The summed E-state index contributed by atoms with van der Waals surface area (Å²) in [4.78, 5) is 8.13. The van der Waals surface area contributed by atoms with E-state index in [1.807, 2.05) is 36.4 Å². The molecule has 1 N–H and O–H groups in total. The average Bonchev–Trinajstić information content (AvgIpc) is 2.79. The molecular formula is C25H27N3O3S. The molecule has 7 heteroatoms. The Kier molecular flexibility index (Phi) is 5.69. The number of ether oxygens (including phenoxy) is 1. The molecule has 6 nitrogen and oxygen atoms in total. The SMILES string of the molecule is O=S(=O)(Cc1cnccn1)Cc1ccccc1C1CC2(CCNCC2)Oc2ccccc21. The highest BCUT2D eigenvalue weighted by atomic mass is 32.2. The number of hydrogen-bond donors (Lipinski definition) is 1. The number of hydrogen-bond acceptors (Lipinski definition) is 6. The van der Waals surface area contributed by atoms with Gasteiger partial charge in [-0.25, -0.2) is 8.42 Å². The number of benzene rings is 2. The van der Waals surface area contributed by atoms with Gasteiger partial charge in [0.25, 0.3) is 0 Å². The third-order valence-electron chi connectivity index (χ3n) is 6.50. The number of piperidine rings is 1. The Hall–Kier alpha value is -2.77. The molecule has 1 saturated heterocycles. The van der Waals surface area contributed by atoms with E-state index in [1.54, 1.807) is 6.20 Å². The first kappa shape index (κ1) is 21.1. The second-order valence-corrected chi connectivity index (χ2v) is 10.8. The van der Waals surface area contributed by atoms with Crippen LogP contribution in [0.25, 0.3) is 0 Å². The molecule has 3 heterocycles. The number of nitrogens with one attached hydrogen (secondary N) is 1. The molecule has 2 aromatic carbocycles. The van der Waals surface area contributed by atoms with Crippen molar-refractivity contribution >= 4 is 9.84 Å². The van der Waals surface area contributed by atoms with Crippen LogP contribution < -0.4 is 10.1 Å². The molecule has 1 fully saturated rings. The zero-order valence-corrected chi connectivity index (χ0v) is 18.7. The molecule has 1 unspecified atom stereocenters. The summed E-state index contributed by atoms with van der Waals surface area (Å²) < 4.78 is 32.6. The molecule has 1 aromatic heterocycles. The first-order chi connectivity index (χ1) is 15.5. The van der Waals surface area contributed by atoms with Crippen LogP contribution in [0.5, 0.6) is 5.75 Å². The number of sulfone groups is 1. The largest absolute Gasteiger partial charge is 0.487 e. The Morgan fingerprint density at radius 2 is 1.72 bits per heavy atom. The van der Waals surface area contributed by atoms with Crippen LogP contribution in [0.15, 0.2) is 67.1 Å². The van der Waals surface area contributed by atoms with E-state index in [9.17, 15) is 8.42 Å². The summed E-state index contributed by atoms with van der Waals surface area (Å²) in [6.45, 7) is 1.87. The standard InChI is InChI=1S/C25H27N3O3S/c29-32(30,18-20-16-27-13-14-28-20)17-19-5-1-2-6-21(19)23-15-25(9-11-26-12-10-25)31-24-8-4-3-7-22(23)24/h1-8,13-14,16,23,26H,9-12,15,17-18H2. The van der Waals surface area contributed by atoms with Crippen molar-refractivity contribution in [1.29, 1.82) is 0 Å². The predicted octanol–water partition coefficient (Wildman–Crippen LogP) is 3.63. The molecule has 0 saturated carbocycles. The van der Waals surface area contributed by atoms with Crippen molar-refractivity contribution in [2.45, 2.75) is 42.3 Å². The zero-order valence-electron chi connectivity index (χ0n) is 17.9. The second kappa shape index (κ2) is 8.64. The van der Waals surface area contributed by atoms with E-state index in [0.29, 0.717) is 5.69 Å². The lowest BCUT2D eigenvalue weighted by atomic mass is 9.74. The zero-order chi connectivity index (χ0) is 22.0. The molecule has 166 valence electrons. The monoisotopic (exact) mass is 449 g/mol. The van der Waals surface area contributed by atoms with Crippen LogP contribution >= 0.6 is 0 Å². The molecule has 1 spiro atoms. The maximum absolute atomic E-state index is 13.0. The van der Waals surface area contributed by atoms with E-state index in [0.717, 1.165) is 54.8 Å². The lowest BCUT2D eigenvalue weighted by Gasteiger charge is -2.45. The summed E-state index contributed by atoms with van der Waals surface area (Å²) in [6, 6.07) is 16.1. The fourth-order valence-electron chi connectivity index (χ4n) is 5.01. The Bertz CT molecular complexity index is 1190. The fourth-order valence-corrected chi connectivity index (χ4v) is 6.45. The molecule has 2 aliphatic heterocycles. The van der Waals surface area contributed by atoms with Gasteiger partial charge in [0.15, 0.2) is 9.84 Å². The van der Waals surface area contributed by atoms with Gasteiger partial charge in [-0.05, 0) is 49.5 Å². The number of aromatic nitrogens is 2. The topological polar surface area (TPSA) is 81.2 Å². The smallest absolute Gasteiger partial charge is 0.160 e. The summed E-state index contributed by atoms with van der Waals surface area (Å²) in [5, 5.41) is 3.43. The number of para-hydroxylation sites is 1. The highest BCUT2D eigenvalue weighted by molar-refractivity contribution is 7.89. The summed E-state index contributed by atoms with van der Waals surface area (Å²) in [5.74, 6) is 0.882. The second-order valence-electron chi connectivity index (χ2n) is 8.76. The Balaban J connectivity index is 1.50. The van der Waals surface area contributed by atoms with Gasteiger partial charge in [-0.3, -0.25) is 9.97 Å². The van der Waals surface area contributed by atoms with Crippen LogP contribution in [0.3, 0.4) is 0 Å². The minimum atomic E-state index is -3.40. The molecule has 3 aromatic rings. The van der Waals surface area contributed by atoms with Crippen LogP contribution in [0.1, 0.15) is 47.6 Å². The van der Waals surface area contributed by atoms with Gasteiger partial charge in [-0.2, -0.15) is 0 Å². The van der Waals surface area contributed by atoms with Crippen molar-refractivity contribution in [2.24, 2.45) is 0 Å². The summed E-state index contributed by atoms with van der Waals surface area (Å²) in [7, 11) is -3.40. The van der Waals surface area contributed by atoms with E-state index in [2.05, 4.69) is 27.4 Å². The summed E-state index contributed by atoms with van der Waals surface area (Å²) in [5.41, 5.74) is 3.31. The highest BCUT2D eigenvalue weighted by Crippen LogP contribution is 2.48. The van der Waals surface area contributed by atoms with Crippen molar-refractivity contribution < 1.29 is 13.2 Å². The first-order valence-corrected chi connectivity index (χ1v) is 12.9. The van der Waals surface area contributed by atoms with Gasteiger partial charge >= 0.3 is 0 Å². The number of rotatable bonds is 5.